The quantitative estimate of drug-likeness (QED) is 0.709. The van der Waals surface area contributed by atoms with Crippen molar-refractivity contribution in [3.05, 3.63) is 36.2 Å². The van der Waals surface area contributed by atoms with E-state index in [2.05, 4.69) is 48.6 Å². The maximum absolute atomic E-state index is 11.6. The number of aromatic nitrogens is 1. The zero-order valence-electron chi connectivity index (χ0n) is 18.3. The Hall–Kier alpha value is -1.64. The summed E-state index contributed by atoms with van der Waals surface area (Å²) in [6, 6.07) is 4.74. The third-order valence-electron chi connectivity index (χ3n) is 9.63. The first-order valence-corrected chi connectivity index (χ1v) is 11.8. The van der Waals surface area contributed by atoms with E-state index in [0.717, 1.165) is 30.1 Å². The van der Waals surface area contributed by atoms with Gasteiger partial charge in [0, 0.05) is 25.4 Å². The molecule has 0 spiro atoms. The number of rotatable bonds is 2. The van der Waals surface area contributed by atoms with Gasteiger partial charge in [0.15, 0.2) is 0 Å². The third-order valence-corrected chi connectivity index (χ3v) is 9.63. The van der Waals surface area contributed by atoms with Gasteiger partial charge in [-0.25, -0.2) is 0 Å². The van der Waals surface area contributed by atoms with Crippen LogP contribution in [0.25, 0.3) is 5.57 Å². The molecule has 4 aliphatic rings. The summed E-state index contributed by atoms with van der Waals surface area (Å²) in [5.74, 6) is 3.44. The first-order chi connectivity index (χ1) is 13.9. The van der Waals surface area contributed by atoms with E-state index in [9.17, 15) is 4.79 Å². The maximum atomic E-state index is 11.6. The number of allylic oxidation sites excluding steroid dienone is 2. The number of pyridine rings is 1. The number of fused-ring (bicyclic) bond motifs is 5. The van der Waals surface area contributed by atoms with E-state index in [4.69, 9.17) is 0 Å². The van der Waals surface area contributed by atoms with E-state index < -0.39 is 0 Å². The molecule has 0 aliphatic heterocycles. The van der Waals surface area contributed by atoms with Gasteiger partial charge in [-0.1, -0.05) is 26.0 Å². The highest BCUT2D eigenvalue weighted by molar-refractivity contribution is 5.73. The van der Waals surface area contributed by atoms with Crippen molar-refractivity contribution >= 4 is 11.5 Å². The standard InChI is InChI=1S/C26H36N2O/c1-17(29)28-20-10-12-25(2)19(15-20)6-7-21-23-9-8-22(18-5-4-14-27-16-18)26(23,3)13-11-24(21)25/h4-5,8,14,16,19-21,23-24H,6-7,9-13,15H2,1-3H3,(H,28,29)/t19?,20-,21?,23?,24?,25+,26-/m1/s1. The Bertz CT molecular complexity index is 817. The molecule has 3 fully saturated rings. The molecule has 3 saturated carbocycles. The zero-order chi connectivity index (χ0) is 20.2. The van der Waals surface area contributed by atoms with Gasteiger partial charge in [0.2, 0.25) is 5.91 Å². The zero-order valence-corrected chi connectivity index (χ0v) is 18.3. The number of hydrogen-bond donors (Lipinski definition) is 1. The average molecular weight is 393 g/mol. The van der Waals surface area contributed by atoms with Crippen molar-refractivity contribution in [2.75, 3.05) is 0 Å². The molecule has 4 unspecified atom stereocenters. The lowest BCUT2D eigenvalue weighted by Gasteiger charge is -2.61. The summed E-state index contributed by atoms with van der Waals surface area (Å²) < 4.78 is 0. The van der Waals surface area contributed by atoms with E-state index in [-0.39, 0.29) is 5.91 Å². The molecule has 0 bridgehead atoms. The van der Waals surface area contributed by atoms with Crippen LogP contribution in [-0.2, 0) is 4.79 Å². The minimum Gasteiger partial charge on any atom is -0.354 e. The number of nitrogens with zero attached hydrogens (tertiary/aromatic N) is 1. The average Bonchev–Trinajstić information content (AvgIpc) is 3.06. The normalized spacial score (nSPS) is 43.6. The first-order valence-electron chi connectivity index (χ1n) is 11.8. The van der Waals surface area contributed by atoms with Crippen molar-refractivity contribution in [1.29, 1.82) is 0 Å². The smallest absolute Gasteiger partial charge is 0.217 e. The summed E-state index contributed by atoms with van der Waals surface area (Å²) in [5.41, 5.74) is 3.69. The lowest BCUT2D eigenvalue weighted by molar-refractivity contribution is -0.123. The Morgan fingerprint density at radius 2 is 2.00 bits per heavy atom. The summed E-state index contributed by atoms with van der Waals surface area (Å²) in [6.07, 6.45) is 16.8. The minimum absolute atomic E-state index is 0.140. The molecule has 1 amide bonds. The van der Waals surface area contributed by atoms with Crippen LogP contribution < -0.4 is 5.32 Å². The molecule has 1 N–H and O–H groups in total. The number of hydrogen-bond acceptors (Lipinski definition) is 2. The van der Waals surface area contributed by atoms with Gasteiger partial charge < -0.3 is 5.32 Å². The Morgan fingerprint density at radius 3 is 2.76 bits per heavy atom. The van der Waals surface area contributed by atoms with Crippen LogP contribution in [0.1, 0.15) is 77.7 Å². The molecule has 0 aromatic carbocycles. The number of nitrogens with one attached hydrogen (secondary N) is 1. The summed E-state index contributed by atoms with van der Waals surface area (Å²) in [5, 5.41) is 3.22. The second-order valence-electron chi connectivity index (χ2n) is 10.9. The summed E-state index contributed by atoms with van der Waals surface area (Å²) in [7, 11) is 0. The molecule has 0 saturated heterocycles. The van der Waals surface area contributed by atoms with Crippen molar-refractivity contribution in [2.24, 2.45) is 34.5 Å². The second-order valence-corrected chi connectivity index (χ2v) is 10.9. The van der Waals surface area contributed by atoms with Crippen LogP contribution in [0.15, 0.2) is 30.6 Å². The van der Waals surface area contributed by atoms with E-state index in [1.807, 2.05) is 6.20 Å². The molecule has 1 heterocycles. The van der Waals surface area contributed by atoms with Gasteiger partial charge in [0.05, 0.1) is 0 Å². The lowest BCUT2D eigenvalue weighted by atomic mass is 9.44. The highest BCUT2D eigenvalue weighted by Gasteiger charge is 2.58. The van der Waals surface area contributed by atoms with Gasteiger partial charge in [0.1, 0.15) is 0 Å². The van der Waals surface area contributed by atoms with Gasteiger partial charge in [-0.05, 0) is 103 Å². The summed E-state index contributed by atoms with van der Waals surface area (Å²) in [6.45, 7) is 6.81. The predicted octanol–water partition coefficient (Wildman–Crippen LogP) is 5.62. The highest BCUT2D eigenvalue weighted by Crippen LogP contribution is 2.67. The molecule has 1 aromatic heterocycles. The van der Waals surface area contributed by atoms with Crippen molar-refractivity contribution in [3.63, 3.8) is 0 Å². The Morgan fingerprint density at radius 1 is 1.14 bits per heavy atom. The third kappa shape index (κ3) is 2.99. The molecule has 3 nitrogen and oxygen atoms in total. The summed E-state index contributed by atoms with van der Waals surface area (Å²) >= 11 is 0. The van der Waals surface area contributed by atoms with Crippen LogP contribution >= 0.6 is 0 Å². The van der Waals surface area contributed by atoms with E-state index in [1.165, 1.54) is 50.5 Å². The molecule has 29 heavy (non-hydrogen) atoms. The minimum atomic E-state index is 0.140. The van der Waals surface area contributed by atoms with E-state index >= 15 is 0 Å². The van der Waals surface area contributed by atoms with Crippen molar-refractivity contribution in [2.45, 2.75) is 78.2 Å². The van der Waals surface area contributed by atoms with Gasteiger partial charge in [-0.3, -0.25) is 9.78 Å². The number of carbonyl (C=O) groups is 1. The van der Waals surface area contributed by atoms with E-state index in [1.54, 1.807) is 12.5 Å². The van der Waals surface area contributed by atoms with Crippen LogP contribution in [0.3, 0.4) is 0 Å². The molecule has 3 heteroatoms. The molecular formula is C26H36N2O. The monoisotopic (exact) mass is 392 g/mol. The predicted molar refractivity (Wildman–Crippen MR) is 117 cm³/mol. The topological polar surface area (TPSA) is 42.0 Å². The van der Waals surface area contributed by atoms with Crippen LogP contribution in [-0.4, -0.2) is 16.9 Å². The molecule has 5 rings (SSSR count). The van der Waals surface area contributed by atoms with Crippen molar-refractivity contribution in [3.8, 4) is 0 Å². The largest absolute Gasteiger partial charge is 0.354 e. The Balaban J connectivity index is 1.37. The molecule has 0 radical (unpaired) electrons. The number of carbonyl (C=O) groups excluding carboxylic acids is 1. The van der Waals surface area contributed by atoms with Crippen molar-refractivity contribution in [1.82, 2.24) is 10.3 Å². The molecule has 1 aromatic rings. The highest BCUT2D eigenvalue weighted by atomic mass is 16.1. The van der Waals surface area contributed by atoms with Crippen LogP contribution in [0.4, 0.5) is 0 Å². The fourth-order valence-electron chi connectivity index (χ4n) is 8.21. The van der Waals surface area contributed by atoms with Gasteiger partial charge in [-0.15, -0.1) is 0 Å². The van der Waals surface area contributed by atoms with Crippen LogP contribution in [0.5, 0.6) is 0 Å². The molecular weight excluding hydrogens is 356 g/mol. The van der Waals surface area contributed by atoms with Crippen molar-refractivity contribution < 1.29 is 4.79 Å². The fraction of sp³-hybridized carbons (Fsp3) is 0.692. The maximum Gasteiger partial charge on any atom is 0.217 e. The van der Waals surface area contributed by atoms with Crippen LogP contribution in [0, 0.1) is 34.5 Å². The summed E-state index contributed by atoms with van der Waals surface area (Å²) in [4.78, 5) is 16.0. The molecule has 4 aliphatic carbocycles. The lowest BCUT2D eigenvalue weighted by Crippen LogP contribution is -2.55. The first kappa shape index (κ1) is 19.3. The van der Waals surface area contributed by atoms with Gasteiger partial charge in [0.25, 0.3) is 0 Å². The number of amides is 1. The van der Waals surface area contributed by atoms with Gasteiger partial charge in [-0.2, -0.15) is 0 Å². The van der Waals surface area contributed by atoms with E-state index in [0.29, 0.717) is 16.9 Å². The van der Waals surface area contributed by atoms with Crippen LogP contribution in [0.2, 0.25) is 0 Å². The Kier molecular flexibility index (Phi) is 4.64. The second kappa shape index (κ2) is 6.96. The Labute approximate surface area is 175 Å². The molecule has 7 atom stereocenters. The molecule has 156 valence electrons. The fourth-order valence-corrected chi connectivity index (χ4v) is 8.21. The SMILES string of the molecule is CC(=O)N[C@@H]1CC[C@@]2(C)C(CCC3C2CC[C@]2(C)C(c4cccnc4)=CCC32)C1. The van der Waals surface area contributed by atoms with Gasteiger partial charge >= 0.3 is 0 Å².